The number of alkyl halides is 3. The molecule has 0 aliphatic carbocycles. The van der Waals surface area contributed by atoms with Crippen molar-refractivity contribution in [3.63, 3.8) is 0 Å². The summed E-state index contributed by atoms with van der Waals surface area (Å²) < 4.78 is 59.2. The third kappa shape index (κ3) is 3.13. The molecular formula is C16H14F4N4O. The van der Waals surface area contributed by atoms with Gasteiger partial charge in [-0.2, -0.15) is 13.2 Å². The second kappa shape index (κ2) is 5.68. The predicted molar refractivity (Wildman–Crippen MR) is 81.7 cm³/mol. The third-order valence-corrected chi connectivity index (χ3v) is 3.75. The normalized spacial score (nSPS) is 12.6. The van der Waals surface area contributed by atoms with Gasteiger partial charge in [0.2, 0.25) is 0 Å². The number of halogens is 4. The lowest BCUT2D eigenvalue weighted by Crippen LogP contribution is -2.45. The molecule has 132 valence electrons. The first-order valence-electron chi connectivity index (χ1n) is 7.31. The van der Waals surface area contributed by atoms with Crippen molar-refractivity contribution >= 4 is 5.65 Å². The summed E-state index contributed by atoms with van der Waals surface area (Å²) in [6.07, 6.45) is -1.70. The number of hydrogen-bond donors (Lipinski definition) is 0. The van der Waals surface area contributed by atoms with Crippen molar-refractivity contribution in [2.24, 2.45) is 0 Å². The van der Waals surface area contributed by atoms with Gasteiger partial charge in [-0.05, 0) is 39.0 Å². The Kier molecular flexibility index (Phi) is 3.89. The molecule has 0 amide bonds. The van der Waals surface area contributed by atoms with E-state index < -0.39 is 23.5 Å². The van der Waals surface area contributed by atoms with E-state index in [1.54, 1.807) is 29.7 Å². The number of ether oxygens (including phenoxy) is 1. The number of hydrogen-bond acceptors (Lipinski definition) is 4. The van der Waals surface area contributed by atoms with Crippen LogP contribution in [0.1, 0.15) is 19.7 Å². The number of fused-ring (bicyclic) bond motifs is 1. The van der Waals surface area contributed by atoms with Gasteiger partial charge in [-0.1, -0.05) is 0 Å². The molecule has 3 aromatic rings. The highest BCUT2D eigenvalue weighted by Gasteiger charge is 2.50. The maximum atomic E-state index is 14.2. The van der Waals surface area contributed by atoms with Crippen molar-refractivity contribution in [1.29, 1.82) is 0 Å². The monoisotopic (exact) mass is 354 g/mol. The molecule has 0 N–H and O–H groups in total. The number of aryl methyl sites for hydroxylation is 1. The van der Waals surface area contributed by atoms with E-state index in [-0.39, 0.29) is 0 Å². The molecular weight excluding hydrogens is 340 g/mol. The predicted octanol–water partition coefficient (Wildman–Crippen LogP) is 3.96. The maximum Gasteiger partial charge on any atom is 0.427 e. The quantitative estimate of drug-likeness (QED) is 0.668. The van der Waals surface area contributed by atoms with Crippen molar-refractivity contribution in [2.45, 2.75) is 32.5 Å². The van der Waals surface area contributed by atoms with Crippen LogP contribution in [0.15, 0.2) is 30.6 Å². The van der Waals surface area contributed by atoms with Crippen molar-refractivity contribution in [3.8, 4) is 17.0 Å². The van der Waals surface area contributed by atoms with Gasteiger partial charge < -0.3 is 4.74 Å². The Morgan fingerprint density at radius 2 is 1.80 bits per heavy atom. The Labute approximate surface area is 140 Å². The zero-order chi connectivity index (χ0) is 18.4. The molecule has 0 aromatic carbocycles. The van der Waals surface area contributed by atoms with Crippen LogP contribution in [-0.2, 0) is 0 Å². The van der Waals surface area contributed by atoms with Crippen LogP contribution >= 0.6 is 0 Å². The molecule has 5 nitrogen and oxygen atoms in total. The van der Waals surface area contributed by atoms with Crippen molar-refractivity contribution < 1.29 is 22.3 Å². The van der Waals surface area contributed by atoms with Crippen LogP contribution in [0.3, 0.4) is 0 Å². The van der Waals surface area contributed by atoms with Crippen molar-refractivity contribution in [1.82, 2.24) is 19.6 Å². The van der Waals surface area contributed by atoms with E-state index in [0.29, 0.717) is 22.6 Å². The van der Waals surface area contributed by atoms with Gasteiger partial charge in [-0.15, -0.1) is 10.2 Å². The molecule has 0 spiro atoms. The van der Waals surface area contributed by atoms with Gasteiger partial charge in [0.05, 0.1) is 0 Å². The van der Waals surface area contributed by atoms with E-state index >= 15 is 0 Å². The summed E-state index contributed by atoms with van der Waals surface area (Å²) in [4.78, 5) is 3.71. The zero-order valence-electron chi connectivity index (χ0n) is 13.6. The van der Waals surface area contributed by atoms with E-state index in [0.717, 1.165) is 19.9 Å². The summed E-state index contributed by atoms with van der Waals surface area (Å²) in [5.41, 5.74) is -0.921. The fraction of sp³-hybridized carbons (Fsp3) is 0.312. The number of pyridine rings is 2. The van der Waals surface area contributed by atoms with Crippen LogP contribution in [0.25, 0.3) is 16.8 Å². The topological polar surface area (TPSA) is 52.3 Å². The van der Waals surface area contributed by atoms with Crippen LogP contribution in [-0.4, -0.2) is 31.4 Å². The van der Waals surface area contributed by atoms with Crippen LogP contribution in [0.4, 0.5) is 17.6 Å². The zero-order valence-corrected chi connectivity index (χ0v) is 13.6. The summed E-state index contributed by atoms with van der Waals surface area (Å²) in [5, 5.41) is 7.87. The summed E-state index contributed by atoms with van der Waals surface area (Å²) in [7, 11) is 0. The van der Waals surface area contributed by atoms with Gasteiger partial charge >= 0.3 is 6.18 Å². The largest absolute Gasteiger partial charge is 0.460 e. The second-order valence-corrected chi connectivity index (χ2v) is 6.01. The molecule has 0 radical (unpaired) electrons. The van der Waals surface area contributed by atoms with Gasteiger partial charge in [0.25, 0.3) is 5.88 Å². The van der Waals surface area contributed by atoms with Gasteiger partial charge in [-0.25, -0.2) is 9.37 Å². The van der Waals surface area contributed by atoms with Gasteiger partial charge in [0.1, 0.15) is 5.82 Å². The lowest BCUT2D eigenvalue weighted by atomic mass is 10.1. The Morgan fingerprint density at radius 3 is 2.44 bits per heavy atom. The lowest BCUT2D eigenvalue weighted by Gasteiger charge is -2.28. The molecule has 3 aromatic heterocycles. The fourth-order valence-corrected chi connectivity index (χ4v) is 2.13. The van der Waals surface area contributed by atoms with Crippen molar-refractivity contribution in [2.75, 3.05) is 0 Å². The molecule has 0 aliphatic rings. The molecule has 0 saturated heterocycles. The maximum absolute atomic E-state index is 14.2. The SMILES string of the molecule is Cc1nnc2ccc(-c3cnc(OC(C)(C)C(F)(F)F)c(F)c3)cn12. The molecule has 3 heterocycles. The van der Waals surface area contributed by atoms with E-state index in [4.69, 9.17) is 4.74 Å². The summed E-state index contributed by atoms with van der Waals surface area (Å²) in [5.74, 6) is -1.03. The molecule has 0 aliphatic heterocycles. The van der Waals surface area contributed by atoms with Crippen LogP contribution in [0, 0.1) is 12.7 Å². The summed E-state index contributed by atoms with van der Waals surface area (Å²) >= 11 is 0. The van der Waals surface area contributed by atoms with E-state index in [1.807, 2.05) is 0 Å². The Morgan fingerprint density at radius 1 is 1.08 bits per heavy atom. The van der Waals surface area contributed by atoms with Crippen molar-refractivity contribution in [3.05, 3.63) is 42.2 Å². The van der Waals surface area contributed by atoms with Gasteiger partial charge in [-0.3, -0.25) is 4.40 Å². The first-order valence-corrected chi connectivity index (χ1v) is 7.31. The average molecular weight is 354 g/mol. The smallest absolute Gasteiger partial charge is 0.427 e. The Bertz CT molecular complexity index is 934. The van der Waals surface area contributed by atoms with E-state index in [1.165, 1.54) is 6.20 Å². The Hall–Kier alpha value is -2.71. The molecule has 3 rings (SSSR count). The number of rotatable bonds is 3. The van der Waals surface area contributed by atoms with Gasteiger partial charge in [0, 0.05) is 23.5 Å². The molecule has 0 atom stereocenters. The number of nitrogens with zero attached hydrogens (tertiary/aromatic N) is 4. The minimum absolute atomic E-state index is 0.393. The summed E-state index contributed by atoms with van der Waals surface area (Å²) in [6, 6.07) is 4.47. The molecule has 9 heteroatoms. The average Bonchev–Trinajstić information content (AvgIpc) is 2.89. The Balaban J connectivity index is 1.94. The molecule has 25 heavy (non-hydrogen) atoms. The first kappa shape index (κ1) is 17.1. The van der Waals surface area contributed by atoms with Crippen LogP contribution in [0.5, 0.6) is 5.88 Å². The standard InChI is InChI=1S/C16H14F4N4O/c1-9-22-23-13-5-4-10(8-24(9)13)11-6-12(17)14(21-7-11)25-15(2,3)16(18,19)20/h4-8H,1-3H3. The van der Waals surface area contributed by atoms with E-state index in [9.17, 15) is 17.6 Å². The highest BCUT2D eigenvalue weighted by Crippen LogP contribution is 2.35. The minimum Gasteiger partial charge on any atom is -0.460 e. The minimum atomic E-state index is -4.66. The first-order chi connectivity index (χ1) is 11.6. The highest BCUT2D eigenvalue weighted by atomic mass is 19.4. The molecule has 0 bridgehead atoms. The van der Waals surface area contributed by atoms with Crippen LogP contribution in [0.2, 0.25) is 0 Å². The van der Waals surface area contributed by atoms with Crippen LogP contribution < -0.4 is 4.74 Å². The second-order valence-electron chi connectivity index (χ2n) is 6.01. The number of aromatic nitrogens is 4. The molecule has 0 fully saturated rings. The third-order valence-electron chi connectivity index (χ3n) is 3.75. The van der Waals surface area contributed by atoms with Gasteiger partial charge in [0.15, 0.2) is 17.1 Å². The highest BCUT2D eigenvalue weighted by molar-refractivity contribution is 5.64. The molecule has 0 saturated carbocycles. The van der Waals surface area contributed by atoms with E-state index in [2.05, 4.69) is 15.2 Å². The summed E-state index contributed by atoms with van der Waals surface area (Å²) in [6.45, 7) is 3.38. The fourth-order valence-electron chi connectivity index (χ4n) is 2.13. The lowest BCUT2D eigenvalue weighted by molar-refractivity contribution is -0.235. The molecule has 0 unspecified atom stereocenters.